The third-order valence-corrected chi connectivity index (χ3v) is 6.08. The minimum absolute atomic E-state index is 0. The first kappa shape index (κ1) is 21.5. The number of nitrogens with zero attached hydrogens (tertiary/aromatic N) is 2. The van der Waals surface area contributed by atoms with E-state index in [0.29, 0.717) is 39.1 Å². The van der Waals surface area contributed by atoms with E-state index in [1.807, 2.05) is 9.80 Å². The van der Waals surface area contributed by atoms with Crippen molar-refractivity contribution in [3.8, 4) is 0 Å². The average Bonchev–Trinajstić information content (AvgIpc) is 3.16. The van der Waals surface area contributed by atoms with Crippen LogP contribution in [-0.2, 0) is 14.3 Å². The predicted octanol–water partition coefficient (Wildman–Crippen LogP) is 1.95. The minimum Gasteiger partial charge on any atom is -0.364 e. The summed E-state index contributed by atoms with van der Waals surface area (Å²) in [7, 11) is 0. The normalized spacial score (nSPS) is 27.3. The molecule has 1 aliphatic carbocycles. The summed E-state index contributed by atoms with van der Waals surface area (Å²) in [6.45, 7) is 3.04. The molecule has 0 unspecified atom stereocenters. The van der Waals surface area contributed by atoms with E-state index in [9.17, 15) is 9.59 Å². The molecular formula is C19H34ClN3O3. The number of hydrogen-bond donors (Lipinski definition) is 1. The summed E-state index contributed by atoms with van der Waals surface area (Å²) in [5.41, 5.74) is 5.61. The van der Waals surface area contributed by atoms with Gasteiger partial charge in [0.05, 0.1) is 6.10 Å². The van der Waals surface area contributed by atoms with Crippen molar-refractivity contribution < 1.29 is 14.3 Å². The highest BCUT2D eigenvalue weighted by molar-refractivity contribution is 5.85. The third kappa shape index (κ3) is 5.57. The van der Waals surface area contributed by atoms with Gasteiger partial charge in [-0.05, 0) is 25.2 Å². The summed E-state index contributed by atoms with van der Waals surface area (Å²) < 4.78 is 5.71. The highest BCUT2D eigenvalue weighted by Gasteiger charge is 2.34. The lowest BCUT2D eigenvalue weighted by Crippen LogP contribution is -2.53. The van der Waals surface area contributed by atoms with Gasteiger partial charge in [0.1, 0.15) is 6.10 Å². The number of hydrogen-bond acceptors (Lipinski definition) is 4. The standard InChI is InChI=1S/C19H33N3O3.ClH/c20-14-16-7-8-17(25-16)19(24)22-12-10-21(11-13-22)18(23)9-6-15-4-2-1-3-5-15;/h15-17H,1-14,20H2;1H/t16-,17+;/m1./s1. The van der Waals surface area contributed by atoms with Crippen LogP contribution >= 0.6 is 12.4 Å². The van der Waals surface area contributed by atoms with E-state index >= 15 is 0 Å². The lowest BCUT2D eigenvalue weighted by atomic mass is 9.86. The van der Waals surface area contributed by atoms with Crippen molar-refractivity contribution in [2.75, 3.05) is 32.7 Å². The molecule has 2 N–H and O–H groups in total. The Labute approximate surface area is 163 Å². The monoisotopic (exact) mass is 387 g/mol. The SMILES string of the molecule is Cl.NC[C@H]1CC[C@@H](C(=O)N2CCN(C(=O)CCC3CCCCC3)CC2)O1. The fraction of sp³-hybridized carbons (Fsp3) is 0.895. The second-order valence-electron chi connectivity index (χ2n) is 7.81. The van der Waals surface area contributed by atoms with Gasteiger partial charge in [-0.1, -0.05) is 32.1 Å². The summed E-state index contributed by atoms with van der Waals surface area (Å²) in [5, 5.41) is 0. The highest BCUT2D eigenvalue weighted by Crippen LogP contribution is 2.27. The number of carbonyl (C=O) groups excluding carboxylic acids is 2. The molecule has 2 atom stereocenters. The van der Waals surface area contributed by atoms with E-state index in [-0.39, 0.29) is 36.4 Å². The van der Waals surface area contributed by atoms with Gasteiger partial charge in [-0.25, -0.2) is 0 Å². The molecule has 3 rings (SSSR count). The zero-order chi connectivity index (χ0) is 17.6. The van der Waals surface area contributed by atoms with Crippen molar-refractivity contribution in [2.24, 2.45) is 11.7 Å². The largest absolute Gasteiger partial charge is 0.364 e. The summed E-state index contributed by atoms with van der Waals surface area (Å²) >= 11 is 0. The smallest absolute Gasteiger partial charge is 0.251 e. The first-order chi connectivity index (χ1) is 12.2. The van der Waals surface area contributed by atoms with Crippen LogP contribution < -0.4 is 5.73 Å². The number of piperazine rings is 1. The molecule has 1 saturated carbocycles. The molecule has 0 aromatic heterocycles. The summed E-state index contributed by atoms with van der Waals surface area (Å²) in [5.74, 6) is 1.08. The fourth-order valence-corrected chi connectivity index (χ4v) is 4.40. The van der Waals surface area contributed by atoms with E-state index in [4.69, 9.17) is 10.5 Å². The van der Waals surface area contributed by atoms with Gasteiger partial charge in [0.2, 0.25) is 5.91 Å². The van der Waals surface area contributed by atoms with Crippen LogP contribution in [0.1, 0.15) is 57.8 Å². The maximum Gasteiger partial charge on any atom is 0.251 e. The molecule has 6 nitrogen and oxygen atoms in total. The Hall–Kier alpha value is -0.850. The van der Waals surface area contributed by atoms with Gasteiger partial charge in [-0.15, -0.1) is 12.4 Å². The molecule has 26 heavy (non-hydrogen) atoms. The second kappa shape index (κ2) is 10.5. The Morgan fingerprint density at radius 1 is 0.923 bits per heavy atom. The molecule has 3 fully saturated rings. The Bertz CT molecular complexity index is 463. The van der Waals surface area contributed by atoms with Crippen molar-refractivity contribution in [3.63, 3.8) is 0 Å². The number of carbonyl (C=O) groups is 2. The Morgan fingerprint density at radius 3 is 2.19 bits per heavy atom. The van der Waals surface area contributed by atoms with Crippen molar-refractivity contribution in [1.29, 1.82) is 0 Å². The lowest BCUT2D eigenvalue weighted by molar-refractivity contribution is -0.147. The van der Waals surface area contributed by atoms with Crippen molar-refractivity contribution in [1.82, 2.24) is 9.80 Å². The van der Waals surface area contributed by atoms with Gasteiger partial charge < -0.3 is 20.3 Å². The van der Waals surface area contributed by atoms with Crippen LogP contribution in [0.4, 0.5) is 0 Å². The van der Waals surface area contributed by atoms with Crippen LogP contribution in [0, 0.1) is 5.92 Å². The zero-order valence-corrected chi connectivity index (χ0v) is 16.6. The number of nitrogens with two attached hydrogens (primary N) is 1. The quantitative estimate of drug-likeness (QED) is 0.782. The first-order valence-corrected chi connectivity index (χ1v) is 10.1. The van der Waals surface area contributed by atoms with Gasteiger partial charge in [-0.2, -0.15) is 0 Å². The molecule has 7 heteroatoms. The fourth-order valence-electron chi connectivity index (χ4n) is 4.40. The van der Waals surface area contributed by atoms with E-state index in [1.54, 1.807) is 0 Å². The molecule has 0 spiro atoms. The number of halogens is 1. The zero-order valence-electron chi connectivity index (χ0n) is 15.7. The Kier molecular flexibility index (Phi) is 8.64. The van der Waals surface area contributed by atoms with E-state index < -0.39 is 0 Å². The average molecular weight is 388 g/mol. The van der Waals surface area contributed by atoms with Gasteiger partial charge >= 0.3 is 0 Å². The molecule has 2 amide bonds. The molecule has 2 aliphatic heterocycles. The maximum absolute atomic E-state index is 12.5. The predicted molar refractivity (Wildman–Crippen MR) is 103 cm³/mol. The van der Waals surface area contributed by atoms with Gasteiger partial charge in [0.15, 0.2) is 0 Å². The first-order valence-electron chi connectivity index (χ1n) is 10.1. The molecule has 0 aromatic carbocycles. The summed E-state index contributed by atoms with van der Waals surface area (Å²) in [6, 6.07) is 0. The van der Waals surface area contributed by atoms with E-state index in [2.05, 4.69) is 0 Å². The molecule has 0 radical (unpaired) electrons. The van der Waals surface area contributed by atoms with Crippen molar-refractivity contribution in [3.05, 3.63) is 0 Å². The van der Waals surface area contributed by atoms with E-state index in [1.165, 1.54) is 32.1 Å². The lowest BCUT2D eigenvalue weighted by Gasteiger charge is -2.36. The van der Waals surface area contributed by atoms with E-state index in [0.717, 1.165) is 25.2 Å². The molecule has 3 aliphatic rings. The van der Waals surface area contributed by atoms with Crippen LogP contribution in [0.2, 0.25) is 0 Å². The second-order valence-corrected chi connectivity index (χ2v) is 7.81. The van der Waals surface area contributed by atoms with Crippen LogP contribution in [0.5, 0.6) is 0 Å². The molecular weight excluding hydrogens is 354 g/mol. The number of amides is 2. The molecule has 0 aromatic rings. The minimum atomic E-state index is -0.331. The molecule has 2 heterocycles. The molecule has 0 bridgehead atoms. The van der Waals surface area contributed by atoms with Gasteiger partial charge in [0.25, 0.3) is 5.91 Å². The van der Waals surface area contributed by atoms with Gasteiger partial charge in [-0.3, -0.25) is 9.59 Å². The summed E-state index contributed by atoms with van der Waals surface area (Å²) in [6.07, 6.45) is 9.63. The van der Waals surface area contributed by atoms with Crippen LogP contribution in [0.3, 0.4) is 0 Å². The van der Waals surface area contributed by atoms with Crippen molar-refractivity contribution in [2.45, 2.75) is 70.0 Å². The topological polar surface area (TPSA) is 75.9 Å². The Morgan fingerprint density at radius 2 is 1.58 bits per heavy atom. The highest BCUT2D eigenvalue weighted by atomic mass is 35.5. The summed E-state index contributed by atoms with van der Waals surface area (Å²) in [4.78, 5) is 28.8. The van der Waals surface area contributed by atoms with Gasteiger partial charge in [0, 0.05) is 39.1 Å². The molecule has 2 saturated heterocycles. The number of ether oxygens (including phenoxy) is 1. The Balaban J connectivity index is 0.00000243. The van der Waals surface area contributed by atoms with Crippen LogP contribution in [0.15, 0.2) is 0 Å². The van der Waals surface area contributed by atoms with Crippen molar-refractivity contribution >= 4 is 24.2 Å². The maximum atomic E-state index is 12.5. The molecule has 150 valence electrons. The number of rotatable bonds is 5. The van der Waals surface area contributed by atoms with Crippen LogP contribution in [-0.4, -0.2) is 66.5 Å². The van der Waals surface area contributed by atoms with Crippen LogP contribution in [0.25, 0.3) is 0 Å². The third-order valence-electron chi connectivity index (χ3n) is 6.08.